The molecule has 0 atom stereocenters. The van der Waals surface area contributed by atoms with Crippen molar-refractivity contribution in [2.24, 2.45) is 5.41 Å². The summed E-state index contributed by atoms with van der Waals surface area (Å²) in [5.74, 6) is -0.0838. The average molecular weight is 237 g/mol. The summed E-state index contributed by atoms with van der Waals surface area (Å²) in [6.45, 7) is 4.88. The first-order chi connectivity index (χ1) is 8.27. The van der Waals surface area contributed by atoms with Gasteiger partial charge in [-0.25, -0.2) is 0 Å². The molecule has 1 amide bonds. The highest BCUT2D eigenvalue weighted by molar-refractivity contribution is 5.86. The predicted molar refractivity (Wildman–Crippen MR) is 62.2 cm³/mol. The lowest BCUT2D eigenvalue weighted by Crippen LogP contribution is -2.47. The first-order valence-electron chi connectivity index (χ1n) is 6.26. The number of hydrogen-bond acceptors (Lipinski definition) is 4. The van der Waals surface area contributed by atoms with Crippen LogP contribution in [0.2, 0.25) is 0 Å². The zero-order valence-corrected chi connectivity index (χ0v) is 10.1. The Morgan fingerprint density at radius 2 is 2.12 bits per heavy atom. The maximum atomic E-state index is 11.8. The maximum absolute atomic E-state index is 11.8. The SMILES string of the molecule is N#CC1(C(=O)NCCN2CCOCC2)CCC1. The van der Waals surface area contributed by atoms with Crippen LogP contribution in [0.1, 0.15) is 19.3 Å². The van der Waals surface area contributed by atoms with Gasteiger partial charge in [0.05, 0.1) is 19.3 Å². The summed E-state index contributed by atoms with van der Waals surface area (Å²) in [6, 6.07) is 2.16. The molecule has 2 rings (SSSR count). The molecule has 17 heavy (non-hydrogen) atoms. The van der Waals surface area contributed by atoms with E-state index in [9.17, 15) is 4.79 Å². The van der Waals surface area contributed by atoms with Crippen molar-refractivity contribution >= 4 is 5.91 Å². The molecular weight excluding hydrogens is 218 g/mol. The fraction of sp³-hybridized carbons (Fsp3) is 0.833. The standard InChI is InChI=1S/C12H19N3O2/c13-10-12(2-1-3-12)11(16)14-4-5-15-6-8-17-9-7-15/h1-9H2,(H,14,16). The average Bonchev–Trinajstić information content (AvgIpc) is 2.30. The quantitative estimate of drug-likeness (QED) is 0.754. The van der Waals surface area contributed by atoms with Gasteiger partial charge < -0.3 is 10.1 Å². The molecule has 94 valence electrons. The van der Waals surface area contributed by atoms with E-state index < -0.39 is 5.41 Å². The van der Waals surface area contributed by atoms with E-state index in [-0.39, 0.29) is 5.91 Å². The molecule has 2 aliphatic rings. The Balaban J connectivity index is 1.68. The number of morpholine rings is 1. The van der Waals surface area contributed by atoms with Gasteiger partial charge in [-0.1, -0.05) is 0 Å². The van der Waals surface area contributed by atoms with E-state index in [2.05, 4.69) is 16.3 Å². The molecule has 0 radical (unpaired) electrons. The highest BCUT2D eigenvalue weighted by Gasteiger charge is 2.44. The summed E-state index contributed by atoms with van der Waals surface area (Å²) >= 11 is 0. The Morgan fingerprint density at radius 1 is 1.41 bits per heavy atom. The molecule has 1 heterocycles. The second-order valence-electron chi connectivity index (χ2n) is 4.76. The maximum Gasteiger partial charge on any atom is 0.240 e. The number of ether oxygens (including phenoxy) is 1. The van der Waals surface area contributed by atoms with Crippen molar-refractivity contribution in [2.45, 2.75) is 19.3 Å². The van der Waals surface area contributed by atoms with Gasteiger partial charge in [0.25, 0.3) is 0 Å². The van der Waals surface area contributed by atoms with Crippen LogP contribution in [0.5, 0.6) is 0 Å². The Kier molecular flexibility index (Phi) is 3.97. The lowest BCUT2D eigenvalue weighted by Gasteiger charge is -2.34. The largest absolute Gasteiger partial charge is 0.379 e. The van der Waals surface area contributed by atoms with Gasteiger partial charge >= 0.3 is 0 Å². The number of rotatable bonds is 4. The van der Waals surface area contributed by atoms with Crippen LogP contribution in [0, 0.1) is 16.7 Å². The van der Waals surface area contributed by atoms with E-state index in [0.717, 1.165) is 39.3 Å². The van der Waals surface area contributed by atoms with Gasteiger partial charge in [0.15, 0.2) is 0 Å². The van der Waals surface area contributed by atoms with Gasteiger partial charge in [0.2, 0.25) is 5.91 Å². The second-order valence-corrected chi connectivity index (χ2v) is 4.76. The third-order valence-electron chi connectivity index (χ3n) is 3.67. The molecule has 5 nitrogen and oxygen atoms in total. The number of carbonyl (C=O) groups excluding carboxylic acids is 1. The number of nitrogens with one attached hydrogen (secondary N) is 1. The van der Waals surface area contributed by atoms with Crippen molar-refractivity contribution in [1.29, 1.82) is 5.26 Å². The highest BCUT2D eigenvalue weighted by atomic mass is 16.5. The molecular formula is C12H19N3O2. The monoisotopic (exact) mass is 237 g/mol. The number of nitriles is 1. The first-order valence-corrected chi connectivity index (χ1v) is 6.26. The molecule has 0 aromatic carbocycles. The van der Waals surface area contributed by atoms with Crippen LogP contribution in [-0.4, -0.2) is 50.2 Å². The molecule has 1 aliphatic heterocycles. The fourth-order valence-electron chi connectivity index (χ4n) is 2.24. The van der Waals surface area contributed by atoms with Gasteiger partial charge in [-0.05, 0) is 19.3 Å². The predicted octanol–water partition coefficient (Wildman–Crippen LogP) is 0.129. The van der Waals surface area contributed by atoms with E-state index in [4.69, 9.17) is 10.00 Å². The summed E-state index contributed by atoms with van der Waals surface area (Å²) in [6.07, 6.45) is 2.42. The number of amides is 1. The van der Waals surface area contributed by atoms with Crippen LogP contribution in [0.15, 0.2) is 0 Å². The highest BCUT2D eigenvalue weighted by Crippen LogP contribution is 2.40. The van der Waals surface area contributed by atoms with Crippen molar-refractivity contribution in [3.63, 3.8) is 0 Å². The molecule has 0 aromatic heterocycles. The van der Waals surface area contributed by atoms with Gasteiger partial charge in [-0.15, -0.1) is 0 Å². The first kappa shape index (κ1) is 12.3. The minimum Gasteiger partial charge on any atom is -0.379 e. The molecule has 1 saturated heterocycles. The van der Waals surface area contributed by atoms with E-state index in [0.29, 0.717) is 19.4 Å². The van der Waals surface area contributed by atoms with E-state index in [1.165, 1.54) is 0 Å². The van der Waals surface area contributed by atoms with Crippen LogP contribution < -0.4 is 5.32 Å². The van der Waals surface area contributed by atoms with Gasteiger partial charge in [0.1, 0.15) is 5.41 Å². The van der Waals surface area contributed by atoms with E-state index >= 15 is 0 Å². The topological polar surface area (TPSA) is 65.4 Å². The third-order valence-corrected chi connectivity index (χ3v) is 3.67. The molecule has 0 unspecified atom stereocenters. The Hall–Kier alpha value is -1.12. The summed E-state index contributed by atoms with van der Waals surface area (Å²) in [4.78, 5) is 14.1. The number of carbonyl (C=O) groups is 1. The summed E-state index contributed by atoms with van der Waals surface area (Å²) in [7, 11) is 0. The van der Waals surface area contributed by atoms with Crippen molar-refractivity contribution in [3.05, 3.63) is 0 Å². The molecule has 1 N–H and O–H groups in total. The molecule has 1 saturated carbocycles. The summed E-state index contributed by atoms with van der Waals surface area (Å²) in [5.41, 5.74) is -0.717. The number of nitrogens with zero attached hydrogens (tertiary/aromatic N) is 2. The Morgan fingerprint density at radius 3 is 2.65 bits per heavy atom. The second kappa shape index (κ2) is 5.48. The molecule has 5 heteroatoms. The minimum absolute atomic E-state index is 0.0838. The van der Waals surface area contributed by atoms with Gasteiger partial charge in [0, 0.05) is 26.2 Å². The van der Waals surface area contributed by atoms with Crippen molar-refractivity contribution in [2.75, 3.05) is 39.4 Å². The molecule has 0 spiro atoms. The molecule has 1 aliphatic carbocycles. The van der Waals surface area contributed by atoms with E-state index in [1.54, 1.807) is 0 Å². The Bertz CT molecular complexity index is 314. The van der Waals surface area contributed by atoms with Gasteiger partial charge in [-0.3, -0.25) is 9.69 Å². The lowest BCUT2D eigenvalue weighted by molar-refractivity contribution is -0.131. The minimum atomic E-state index is -0.717. The summed E-state index contributed by atoms with van der Waals surface area (Å²) in [5, 5.41) is 11.9. The van der Waals surface area contributed by atoms with E-state index in [1.807, 2.05) is 0 Å². The van der Waals surface area contributed by atoms with Crippen molar-refractivity contribution in [1.82, 2.24) is 10.2 Å². The smallest absolute Gasteiger partial charge is 0.240 e. The fourth-order valence-corrected chi connectivity index (χ4v) is 2.24. The van der Waals surface area contributed by atoms with Crippen LogP contribution >= 0.6 is 0 Å². The van der Waals surface area contributed by atoms with Crippen LogP contribution in [0.3, 0.4) is 0 Å². The molecule has 0 bridgehead atoms. The third kappa shape index (κ3) is 2.76. The van der Waals surface area contributed by atoms with Crippen molar-refractivity contribution < 1.29 is 9.53 Å². The zero-order valence-electron chi connectivity index (χ0n) is 10.1. The van der Waals surface area contributed by atoms with Crippen LogP contribution in [0.25, 0.3) is 0 Å². The molecule has 2 fully saturated rings. The van der Waals surface area contributed by atoms with Crippen molar-refractivity contribution in [3.8, 4) is 6.07 Å². The molecule has 0 aromatic rings. The van der Waals surface area contributed by atoms with Crippen LogP contribution in [0.4, 0.5) is 0 Å². The summed E-state index contributed by atoms with van der Waals surface area (Å²) < 4.78 is 5.25. The van der Waals surface area contributed by atoms with Crippen LogP contribution in [-0.2, 0) is 9.53 Å². The lowest BCUT2D eigenvalue weighted by atomic mass is 9.69. The van der Waals surface area contributed by atoms with Gasteiger partial charge in [-0.2, -0.15) is 5.26 Å². The number of hydrogen-bond donors (Lipinski definition) is 1. The zero-order chi connectivity index (χ0) is 12.1. The Labute approximate surface area is 102 Å². The normalized spacial score (nSPS) is 23.5.